The average molecular weight is 647 g/mol. The molecule has 2 aliphatic heterocycles. The molecule has 15 heteroatoms. The van der Waals surface area contributed by atoms with Crippen LogP contribution in [0.5, 0.6) is 0 Å². The second-order valence-corrected chi connectivity index (χ2v) is 12.8. The predicted molar refractivity (Wildman–Crippen MR) is 162 cm³/mol. The van der Waals surface area contributed by atoms with E-state index in [1.54, 1.807) is 20.1 Å². The van der Waals surface area contributed by atoms with Gasteiger partial charge in [-0.2, -0.15) is 8.99 Å². The van der Waals surface area contributed by atoms with E-state index in [1.807, 2.05) is 12.1 Å². The van der Waals surface area contributed by atoms with Crippen LogP contribution in [0.3, 0.4) is 0 Å². The standard InChI is InChI=1S/C30H36F2N6O6S/c1-3-44-30(40)38-27-8-12-37(45(41,42)23-16-21(31)15-22(32)17-23)19-25(27)28(35-38)34-29(39)24-7-6-20(18-36-10-4-5-11-36)14-26(24)33-9-13-43-2/h6-7,14-17,33H,3-5,8-13,18-19H2,1-2H3,(H,34,35,39). The maximum absolute atomic E-state index is 13.9. The number of hydrogen-bond acceptors (Lipinski definition) is 9. The lowest BCUT2D eigenvalue weighted by Crippen LogP contribution is -2.37. The van der Waals surface area contributed by atoms with Crippen LogP contribution < -0.4 is 10.6 Å². The van der Waals surface area contributed by atoms with E-state index in [1.165, 1.54) is 0 Å². The number of sulfonamides is 1. The van der Waals surface area contributed by atoms with Gasteiger partial charge in [-0.25, -0.2) is 22.0 Å². The topological polar surface area (TPSA) is 135 Å². The maximum Gasteiger partial charge on any atom is 0.434 e. The lowest BCUT2D eigenvalue weighted by atomic mass is 10.1. The third-order valence-electron chi connectivity index (χ3n) is 7.72. The van der Waals surface area contributed by atoms with Gasteiger partial charge in [0.2, 0.25) is 10.0 Å². The van der Waals surface area contributed by atoms with Gasteiger partial charge in [0, 0.05) is 57.0 Å². The van der Waals surface area contributed by atoms with Crippen LogP contribution in [0.4, 0.5) is 25.1 Å². The van der Waals surface area contributed by atoms with Gasteiger partial charge in [-0.1, -0.05) is 6.07 Å². The molecule has 5 rings (SSSR count). The summed E-state index contributed by atoms with van der Waals surface area (Å²) in [5.41, 5.74) is 2.55. The van der Waals surface area contributed by atoms with Crippen LogP contribution >= 0.6 is 0 Å². The molecule has 3 aromatic rings. The summed E-state index contributed by atoms with van der Waals surface area (Å²) in [6.07, 6.45) is 1.55. The zero-order valence-corrected chi connectivity index (χ0v) is 26.0. The van der Waals surface area contributed by atoms with E-state index < -0.39 is 38.6 Å². The first-order valence-corrected chi connectivity index (χ1v) is 16.2. The number of carbonyl (C=O) groups excluding carboxylic acids is 2. The van der Waals surface area contributed by atoms with Gasteiger partial charge in [-0.3, -0.25) is 9.69 Å². The van der Waals surface area contributed by atoms with Crippen molar-refractivity contribution in [2.45, 2.75) is 44.2 Å². The van der Waals surface area contributed by atoms with Crippen molar-refractivity contribution >= 4 is 33.5 Å². The maximum atomic E-state index is 13.9. The first-order chi connectivity index (χ1) is 21.6. The van der Waals surface area contributed by atoms with Gasteiger partial charge >= 0.3 is 6.09 Å². The molecule has 0 radical (unpaired) electrons. The molecule has 1 fully saturated rings. The van der Waals surface area contributed by atoms with Crippen LogP contribution in [0.15, 0.2) is 41.3 Å². The number of likely N-dealkylation sites (tertiary alicyclic amines) is 1. The molecule has 1 amide bonds. The number of ether oxygens (including phenoxy) is 2. The molecule has 2 N–H and O–H groups in total. The van der Waals surface area contributed by atoms with Crippen LogP contribution in [-0.2, 0) is 39.0 Å². The molecular formula is C30H36F2N6O6S. The minimum atomic E-state index is -4.34. The van der Waals surface area contributed by atoms with Crippen molar-refractivity contribution in [1.82, 2.24) is 19.0 Å². The average Bonchev–Trinajstić information content (AvgIpc) is 3.65. The minimum Gasteiger partial charge on any atom is -0.448 e. The van der Waals surface area contributed by atoms with Crippen molar-refractivity contribution in [2.75, 3.05) is 57.1 Å². The molecule has 1 saturated heterocycles. The Morgan fingerprint density at radius 1 is 1.04 bits per heavy atom. The van der Waals surface area contributed by atoms with E-state index in [9.17, 15) is 26.8 Å². The molecule has 1 aromatic heterocycles. The molecule has 2 aliphatic rings. The Morgan fingerprint density at radius 3 is 2.47 bits per heavy atom. The molecule has 45 heavy (non-hydrogen) atoms. The summed E-state index contributed by atoms with van der Waals surface area (Å²) < 4.78 is 66.9. The molecule has 242 valence electrons. The highest BCUT2D eigenvalue weighted by molar-refractivity contribution is 7.89. The summed E-state index contributed by atoms with van der Waals surface area (Å²) in [5, 5.41) is 10.3. The number of benzene rings is 2. The number of carbonyl (C=O) groups is 2. The van der Waals surface area contributed by atoms with Crippen molar-refractivity contribution in [3.05, 3.63) is 70.4 Å². The molecule has 0 saturated carbocycles. The van der Waals surface area contributed by atoms with Crippen molar-refractivity contribution in [2.24, 2.45) is 0 Å². The molecule has 0 atom stereocenters. The number of rotatable bonds is 11. The zero-order chi connectivity index (χ0) is 32.1. The van der Waals surface area contributed by atoms with Gasteiger partial charge in [-0.05, 0) is 62.7 Å². The summed E-state index contributed by atoms with van der Waals surface area (Å²) in [7, 11) is -2.76. The smallest absolute Gasteiger partial charge is 0.434 e. The Hall–Kier alpha value is -3.92. The molecular weight excluding hydrogens is 610 g/mol. The lowest BCUT2D eigenvalue weighted by Gasteiger charge is -2.27. The van der Waals surface area contributed by atoms with E-state index in [0.29, 0.717) is 36.2 Å². The largest absolute Gasteiger partial charge is 0.448 e. The number of amides is 1. The molecule has 0 aliphatic carbocycles. The Labute approximate surface area is 260 Å². The summed E-state index contributed by atoms with van der Waals surface area (Å²) >= 11 is 0. The van der Waals surface area contributed by atoms with Gasteiger partial charge in [0.05, 0.1) is 29.4 Å². The zero-order valence-electron chi connectivity index (χ0n) is 25.1. The van der Waals surface area contributed by atoms with Crippen molar-refractivity contribution in [3.8, 4) is 0 Å². The quantitative estimate of drug-likeness (QED) is 0.298. The second kappa shape index (κ2) is 14.0. The highest BCUT2D eigenvalue weighted by Gasteiger charge is 2.35. The fourth-order valence-electron chi connectivity index (χ4n) is 5.56. The van der Waals surface area contributed by atoms with Gasteiger partial charge in [0.25, 0.3) is 5.91 Å². The highest BCUT2D eigenvalue weighted by atomic mass is 32.2. The number of nitrogens with one attached hydrogen (secondary N) is 2. The van der Waals surface area contributed by atoms with Crippen LogP contribution in [0.25, 0.3) is 0 Å². The van der Waals surface area contributed by atoms with E-state index in [0.717, 1.165) is 59.2 Å². The summed E-state index contributed by atoms with van der Waals surface area (Å²) in [4.78, 5) is 28.3. The lowest BCUT2D eigenvalue weighted by molar-refractivity contribution is 0.102. The van der Waals surface area contributed by atoms with E-state index >= 15 is 0 Å². The normalized spacial score (nSPS) is 15.6. The number of anilines is 2. The van der Waals surface area contributed by atoms with Gasteiger partial charge in [0.1, 0.15) is 11.6 Å². The number of fused-ring (bicyclic) bond motifs is 1. The third kappa shape index (κ3) is 7.32. The summed E-state index contributed by atoms with van der Waals surface area (Å²) in [6.45, 7) is 4.94. The minimum absolute atomic E-state index is 0.0302. The molecule has 0 spiro atoms. The predicted octanol–water partition coefficient (Wildman–Crippen LogP) is 3.82. The van der Waals surface area contributed by atoms with Gasteiger partial charge in [0.15, 0.2) is 5.82 Å². The number of halogens is 2. The Bertz CT molecular complexity index is 1650. The van der Waals surface area contributed by atoms with Crippen LogP contribution in [-0.4, -0.2) is 85.9 Å². The van der Waals surface area contributed by atoms with Gasteiger partial charge in [-0.15, -0.1) is 5.10 Å². The molecule has 3 heterocycles. The Balaban J connectivity index is 1.46. The number of aromatic nitrogens is 2. The third-order valence-corrected chi connectivity index (χ3v) is 9.55. The van der Waals surface area contributed by atoms with E-state index in [2.05, 4.69) is 20.6 Å². The molecule has 0 unspecified atom stereocenters. The molecule has 0 bridgehead atoms. The fourth-order valence-corrected chi connectivity index (χ4v) is 7.01. The second-order valence-electron chi connectivity index (χ2n) is 10.8. The van der Waals surface area contributed by atoms with Crippen molar-refractivity contribution < 1.29 is 36.3 Å². The SMILES string of the molecule is CCOC(=O)n1nc(NC(=O)c2ccc(CN3CCCC3)cc2NCCOC)c2c1CCN(S(=O)(=O)c1cc(F)cc(F)c1)C2. The van der Waals surface area contributed by atoms with Gasteiger partial charge < -0.3 is 20.1 Å². The molecule has 12 nitrogen and oxygen atoms in total. The van der Waals surface area contributed by atoms with Crippen LogP contribution in [0, 0.1) is 11.6 Å². The Morgan fingerprint density at radius 2 is 1.78 bits per heavy atom. The van der Waals surface area contributed by atoms with E-state index in [-0.39, 0.29) is 37.5 Å². The summed E-state index contributed by atoms with van der Waals surface area (Å²) in [6, 6.07) is 7.58. The number of methoxy groups -OCH3 is 1. The summed E-state index contributed by atoms with van der Waals surface area (Å²) in [5.74, 6) is -2.63. The highest BCUT2D eigenvalue weighted by Crippen LogP contribution is 2.31. The van der Waals surface area contributed by atoms with Crippen LogP contribution in [0.1, 0.15) is 46.9 Å². The molecule has 2 aromatic carbocycles. The number of hydrogen-bond donors (Lipinski definition) is 2. The van der Waals surface area contributed by atoms with Crippen molar-refractivity contribution in [3.63, 3.8) is 0 Å². The first-order valence-electron chi connectivity index (χ1n) is 14.7. The monoisotopic (exact) mass is 646 g/mol. The van der Waals surface area contributed by atoms with Crippen molar-refractivity contribution in [1.29, 1.82) is 0 Å². The Kier molecular flexibility index (Phi) is 10.1. The van der Waals surface area contributed by atoms with E-state index in [4.69, 9.17) is 9.47 Å². The number of nitrogens with zero attached hydrogens (tertiary/aromatic N) is 4. The fraction of sp³-hybridized carbons (Fsp3) is 0.433. The van der Waals surface area contributed by atoms with Crippen LogP contribution in [0.2, 0.25) is 0 Å². The first kappa shape index (κ1) is 32.5.